The maximum absolute atomic E-state index is 14.0. The van der Waals surface area contributed by atoms with E-state index in [-0.39, 0.29) is 41.7 Å². The maximum atomic E-state index is 14.0. The number of methoxy groups -OCH3 is 1. The molecule has 3 atom stereocenters. The summed E-state index contributed by atoms with van der Waals surface area (Å²) in [6.07, 6.45) is -17.0. The highest BCUT2D eigenvalue weighted by atomic mass is 19.4. The molecule has 2 heterocycles. The van der Waals surface area contributed by atoms with Crippen molar-refractivity contribution in [1.82, 2.24) is 4.90 Å². The minimum absolute atomic E-state index is 0.00415. The van der Waals surface area contributed by atoms with Crippen LogP contribution in [-0.2, 0) is 28.1 Å². The van der Waals surface area contributed by atoms with Gasteiger partial charge in [-0.05, 0) is 131 Å². The molecule has 358 valence electrons. The summed E-state index contributed by atoms with van der Waals surface area (Å²) in [5.74, 6) is -2.23. The van der Waals surface area contributed by atoms with Crippen LogP contribution in [0.5, 0.6) is 5.75 Å². The van der Waals surface area contributed by atoms with Crippen LogP contribution in [0, 0.1) is 5.92 Å². The van der Waals surface area contributed by atoms with Crippen molar-refractivity contribution in [3.63, 3.8) is 0 Å². The van der Waals surface area contributed by atoms with Crippen LogP contribution in [0.3, 0.4) is 0 Å². The van der Waals surface area contributed by atoms with Crippen LogP contribution in [0.15, 0.2) is 133 Å². The fraction of sp³-hybridized carbons (Fsp3) is 0.250. The van der Waals surface area contributed by atoms with Gasteiger partial charge in [-0.3, -0.25) is 9.69 Å². The fourth-order valence-electron chi connectivity index (χ4n) is 9.35. The number of hydrogen-bond acceptors (Lipinski definition) is 5. The van der Waals surface area contributed by atoms with E-state index in [2.05, 4.69) is 18.2 Å². The smallest absolute Gasteiger partial charge is 0.416 e. The summed E-state index contributed by atoms with van der Waals surface area (Å²) in [6, 6.07) is 31.9. The molecule has 1 aliphatic carbocycles. The van der Waals surface area contributed by atoms with Crippen molar-refractivity contribution in [3.05, 3.63) is 172 Å². The van der Waals surface area contributed by atoms with E-state index in [1.807, 2.05) is 42.5 Å². The second-order valence-electron chi connectivity index (χ2n) is 17.0. The highest BCUT2D eigenvalue weighted by molar-refractivity contribution is 5.91. The first-order valence-electron chi connectivity index (χ1n) is 21.5. The second kappa shape index (κ2) is 18.7. The molecule has 8 nitrogen and oxygen atoms in total. The zero-order valence-electron chi connectivity index (χ0n) is 36.2. The molecule has 0 radical (unpaired) electrons. The summed E-state index contributed by atoms with van der Waals surface area (Å²) in [7, 11) is 1.35. The number of halogens is 9. The fourth-order valence-corrected chi connectivity index (χ4v) is 9.35. The van der Waals surface area contributed by atoms with Crippen molar-refractivity contribution in [2.24, 2.45) is 5.92 Å². The molecule has 6 aromatic rings. The van der Waals surface area contributed by atoms with Gasteiger partial charge in [0.2, 0.25) is 0 Å². The molecule has 2 saturated heterocycles. The number of cyclic esters (lactones) is 1. The Morgan fingerprint density at radius 3 is 1.81 bits per heavy atom. The lowest BCUT2D eigenvalue weighted by Gasteiger charge is -2.33. The van der Waals surface area contributed by atoms with Gasteiger partial charge in [-0.2, -0.15) is 39.5 Å². The van der Waals surface area contributed by atoms with Crippen molar-refractivity contribution in [1.29, 1.82) is 0 Å². The number of rotatable bonds is 9. The van der Waals surface area contributed by atoms with Crippen LogP contribution in [0.4, 0.5) is 44.3 Å². The number of alkyl halides is 9. The third-order valence-corrected chi connectivity index (χ3v) is 12.8. The number of carbonyl (C=O) groups is 3. The Morgan fingerprint density at radius 2 is 1.22 bits per heavy atom. The number of carboxylic acids is 2. The number of ether oxygens (including phenoxy) is 2. The summed E-state index contributed by atoms with van der Waals surface area (Å²) >= 11 is 0. The van der Waals surface area contributed by atoms with Gasteiger partial charge in [-0.25, -0.2) is 9.59 Å². The Kier molecular flexibility index (Phi) is 13.0. The van der Waals surface area contributed by atoms with Gasteiger partial charge in [0.15, 0.2) is 0 Å². The number of benzene rings is 6. The molecule has 69 heavy (non-hydrogen) atoms. The maximum Gasteiger partial charge on any atom is 0.416 e. The lowest BCUT2D eigenvalue weighted by molar-refractivity contribution is -0.145. The third-order valence-electron chi connectivity index (χ3n) is 12.8. The van der Waals surface area contributed by atoms with Gasteiger partial charge in [-0.15, -0.1) is 0 Å². The van der Waals surface area contributed by atoms with Gasteiger partial charge in [0.25, 0.3) is 0 Å². The number of hydrogen-bond donors (Lipinski definition) is 2. The standard InChI is InChI=1S/C33H26F9NO5.C19H14O2/c1-47-27-7-2-15(16-8-18(9-16)29(44)45)12-24(27)22-4-3-19(31(34,35)36)14-23(22)25-5-6-26-28(48-30(46)43(25)26)17-10-20(32(37,38)39)13-21(11-17)33(40,41)42;20-19(21)16-10-6-9-15(13-16)18-12-5-4-11-17(18)14-7-2-1-3-8-14/h2-4,7,10-14,16,18,25-26,28H,5-6,8-9H2,1H3,(H,44,45);1-13H,(H,20,21)/t16?,18?,25-,26-,28+;/m0./s1. The molecular formula is C52H40F9NO7. The number of fused-ring (bicyclic) bond motifs is 1. The molecule has 0 spiro atoms. The Morgan fingerprint density at radius 1 is 0.609 bits per heavy atom. The largest absolute Gasteiger partial charge is 0.496 e. The van der Waals surface area contributed by atoms with E-state index in [0.29, 0.717) is 36.1 Å². The van der Waals surface area contributed by atoms with Gasteiger partial charge >= 0.3 is 36.6 Å². The number of amides is 1. The molecular weight excluding hydrogens is 922 g/mol. The predicted octanol–water partition coefficient (Wildman–Crippen LogP) is 14.1. The van der Waals surface area contributed by atoms with E-state index in [4.69, 9.17) is 14.6 Å². The van der Waals surface area contributed by atoms with Crippen molar-refractivity contribution in [2.75, 3.05) is 7.11 Å². The number of aromatic carboxylic acids is 1. The Labute approximate surface area is 388 Å². The molecule has 2 aliphatic heterocycles. The van der Waals surface area contributed by atoms with Gasteiger partial charge in [-0.1, -0.05) is 78.9 Å². The van der Waals surface area contributed by atoms with Crippen LogP contribution < -0.4 is 4.74 Å². The first-order valence-corrected chi connectivity index (χ1v) is 21.5. The summed E-state index contributed by atoms with van der Waals surface area (Å²) in [6.45, 7) is 0. The highest BCUT2D eigenvalue weighted by Gasteiger charge is 2.52. The second-order valence-corrected chi connectivity index (χ2v) is 17.0. The van der Waals surface area contributed by atoms with Gasteiger partial charge < -0.3 is 19.7 Å². The van der Waals surface area contributed by atoms with E-state index >= 15 is 0 Å². The summed E-state index contributed by atoms with van der Waals surface area (Å²) in [5.41, 5.74) is 1.05. The minimum Gasteiger partial charge on any atom is -0.496 e. The van der Waals surface area contributed by atoms with Gasteiger partial charge in [0.1, 0.15) is 11.9 Å². The van der Waals surface area contributed by atoms with Crippen LogP contribution in [0.25, 0.3) is 33.4 Å². The lowest BCUT2D eigenvalue weighted by atomic mass is 9.71. The van der Waals surface area contributed by atoms with Crippen LogP contribution in [-0.4, -0.2) is 46.3 Å². The Bertz CT molecular complexity index is 2880. The molecule has 9 rings (SSSR count). The summed E-state index contributed by atoms with van der Waals surface area (Å²) in [5, 5.41) is 18.4. The van der Waals surface area contributed by atoms with Gasteiger partial charge in [0, 0.05) is 5.56 Å². The SMILES string of the molecule is COc1ccc(C2CC(C(=O)O)C2)cc1-c1ccc(C(F)(F)F)cc1[C@@H]1CC[C@H]2[C@@H](c3cc(C(F)(F)F)cc(C(F)(F)F)c3)OC(=O)N12.O=C(O)c1cccc(-c2ccccc2-c2ccccc2)c1. The van der Waals surface area contributed by atoms with Crippen LogP contribution >= 0.6 is 0 Å². The molecule has 17 heteroatoms. The van der Waals surface area contributed by atoms with Crippen molar-refractivity contribution in [2.45, 2.75) is 68.3 Å². The molecule has 3 fully saturated rings. The average Bonchev–Trinajstić information content (AvgIpc) is 3.88. The molecule has 0 aromatic heterocycles. The van der Waals surface area contributed by atoms with E-state index in [0.717, 1.165) is 44.8 Å². The lowest BCUT2D eigenvalue weighted by Crippen LogP contribution is -2.31. The highest BCUT2D eigenvalue weighted by Crippen LogP contribution is 2.52. The molecule has 0 bridgehead atoms. The number of aliphatic carboxylic acids is 1. The molecule has 1 saturated carbocycles. The van der Waals surface area contributed by atoms with Crippen LogP contribution in [0.2, 0.25) is 0 Å². The molecule has 3 aliphatic rings. The summed E-state index contributed by atoms with van der Waals surface area (Å²) < 4.78 is 134. The Balaban J connectivity index is 0.000000254. The molecule has 2 N–H and O–H groups in total. The van der Waals surface area contributed by atoms with E-state index in [9.17, 15) is 59.0 Å². The summed E-state index contributed by atoms with van der Waals surface area (Å²) in [4.78, 5) is 36.8. The third kappa shape index (κ3) is 9.99. The predicted molar refractivity (Wildman–Crippen MR) is 234 cm³/mol. The number of carbonyl (C=O) groups excluding carboxylic acids is 1. The number of carboxylic acid groups (broad SMARTS) is 2. The van der Waals surface area contributed by atoms with Crippen molar-refractivity contribution < 1.29 is 73.6 Å². The number of nitrogens with zero attached hydrogens (tertiary/aromatic N) is 1. The average molecular weight is 962 g/mol. The Hall–Kier alpha value is -7.30. The van der Waals surface area contributed by atoms with Crippen LogP contribution in [0.1, 0.15) is 87.5 Å². The monoisotopic (exact) mass is 961 g/mol. The van der Waals surface area contributed by atoms with E-state index < -0.39 is 82.9 Å². The van der Waals surface area contributed by atoms with Crippen molar-refractivity contribution >= 4 is 18.0 Å². The quantitative estimate of drug-likeness (QED) is 0.139. The first kappa shape index (κ1) is 48.2. The van der Waals surface area contributed by atoms with Gasteiger partial charge in [0.05, 0.1) is 47.4 Å². The molecule has 0 unspecified atom stereocenters. The van der Waals surface area contributed by atoms with E-state index in [1.54, 1.807) is 36.4 Å². The normalized spacial score (nSPS) is 20.0. The first-order chi connectivity index (χ1) is 32.6. The molecule has 1 amide bonds. The molecule has 6 aromatic carbocycles. The van der Waals surface area contributed by atoms with Crippen molar-refractivity contribution in [3.8, 4) is 39.1 Å². The van der Waals surface area contributed by atoms with E-state index in [1.165, 1.54) is 13.2 Å². The zero-order chi connectivity index (χ0) is 49.6. The minimum atomic E-state index is -5.15. The zero-order valence-corrected chi connectivity index (χ0v) is 36.2. The topological polar surface area (TPSA) is 113 Å².